The molecule has 19 heavy (non-hydrogen) atoms. The van der Waals surface area contributed by atoms with Crippen molar-refractivity contribution in [1.29, 1.82) is 0 Å². The van der Waals surface area contributed by atoms with Crippen LogP contribution in [0.4, 0.5) is 0 Å². The van der Waals surface area contributed by atoms with Crippen molar-refractivity contribution in [3.8, 4) is 5.75 Å². The fraction of sp³-hybridized carbons (Fsp3) is 0. The molecule has 0 aliphatic rings. The lowest BCUT2D eigenvalue weighted by molar-refractivity contribution is 0.393. The van der Waals surface area contributed by atoms with Crippen LogP contribution in [0.5, 0.6) is 5.75 Å². The Balaban J connectivity index is 2.36. The van der Waals surface area contributed by atoms with Gasteiger partial charge in [-0.15, -0.1) is 0 Å². The topological polar surface area (TPSA) is 46.5 Å². The second-order valence-corrected chi connectivity index (χ2v) is 7.05. The molecule has 0 heterocycles. The smallest absolute Gasteiger partial charge is 0.408 e. The first-order valence-electron chi connectivity index (χ1n) is 5.13. The van der Waals surface area contributed by atoms with Crippen molar-refractivity contribution >= 4 is 52.0 Å². The minimum atomic E-state index is -3.99. The van der Waals surface area contributed by atoms with E-state index in [1.165, 1.54) is 24.3 Å². The third-order valence-electron chi connectivity index (χ3n) is 2.28. The zero-order valence-corrected chi connectivity index (χ0v) is 13.4. The van der Waals surface area contributed by atoms with Gasteiger partial charge in [0.2, 0.25) is 0 Å². The molecule has 0 aliphatic heterocycles. The van der Waals surface area contributed by atoms with E-state index >= 15 is 0 Å². The highest BCUT2D eigenvalue weighted by Gasteiger charge is 2.25. The Bertz CT molecular complexity index is 649. The predicted molar refractivity (Wildman–Crippen MR) is 80.7 cm³/mol. The minimum Gasteiger partial charge on any atom is -0.420 e. The third-order valence-corrected chi connectivity index (χ3v) is 5.17. The lowest BCUT2D eigenvalue weighted by Gasteiger charge is -2.15. The van der Waals surface area contributed by atoms with Crippen molar-refractivity contribution in [2.75, 3.05) is 0 Å². The van der Waals surface area contributed by atoms with E-state index in [1.807, 2.05) is 0 Å². The average Bonchev–Trinajstić information content (AvgIpc) is 2.37. The Kier molecular flexibility index (Phi) is 4.59. The summed E-state index contributed by atoms with van der Waals surface area (Å²) in [5, 5.41) is 0.721. The molecule has 1 N–H and O–H groups in total. The summed E-state index contributed by atoms with van der Waals surface area (Å²) >= 11 is 15.1. The molecule has 1 unspecified atom stereocenters. The molecule has 0 amide bonds. The summed E-state index contributed by atoms with van der Waals surface area (Å²) in [7, 11) is -3.99. The molecule has 100 valence electrons. The van der Waals surface area contributed by atoms with Crippen LogP contribution in [0.15, 0.2) is 46.9 Å². The van der Waals surface area contributed by atoms with Gasteiger partial charge in [0.15, 0.2) is 0 Å². The zero-order chi connectivity index (χ0) is 14.0. The fourth-order valence-electron chi connectivity index (χ4n) is 1.38. The van der Waals surface area contributed by atoms with Gasteiger partial charge in [0.05, 0.1) is 15.3 Å². The molecular weight excluding hydrogens is 374 g/mol. The van der Waals surface area contributed by atoms with Crippen LogP contribution in [0.25, 0.3) is 0 Å². The molecule has 7 heteroatoms. The number of benzene rings is 2. The number of halogens is 3. The molecule has 2 aromatic carbocycles. The van der Waals surface area contributed by atoms with E-state index in [1.54, 1.807) is 18.2 Å². The van der Waals surface area contributed by atoms with Crippen LogP contribution >= 0.6 is 46.7 Å². The van der Waals surface area contributed by atoms with Crippen molar-refractivity contribution in [3.63, 3.8) is 0 Å². The van der Waals surface area contributed by atoms with Gasteiger partial charge < -0.3 is 9.42 Å². The molecule has 0 fully saturated rings. The quantitative estimate of drug-likeness (QED) is 0.622. The van der Waals surface area contributed by atoms with Gasteiger partial charge in [0.25, 0.3) is 0 Å². The summed E-state index contributed by atoms with van der Waals surface area (Å²) < 4.78 is 17.9. The minimum absolute atomic E-state index is 0.0598. The summed E-state index contributed by atoms with van der Waals surface area (Å²) in [5.41, 5.74) is 0. The fourth-order valence-corrected chi connectivity index (χ4v) is 3.33. The van der Waals surface area contributed by atoms with Gasteiger partial charge in [0, 0.05) is 10.5 Å². The van der Waals surface area contributed by atoms with Crippen LogP contribution in [0.2, 0.25) is 10.0 Å². The average molecular weight is 382 g/mol. The highest BCUT2D eigenvalue weighted by atomic mass is 79.9. The molecule has 0 bridgehead atoms. The Morgan fingerprint density at radius 2 is 1.74 bits per heavy atom. The Morgan fingerprint density at radius 3 is 2.37 bits per heavy atom. The highest BCUT2D eigenvalue weighted by Crippen LogP contribution is 2.45. The molecule has 3 nitrogen and oxygen atoms in total. The molecule has 0 aromatic heterocycles. The highest BCUT2D eigenvalue weighted by molar-refractivity contribution is 9.10. The maximum Gasteiger partial charge on any atom is 0.408 e. The van der Waals surface area contributed by atoms with Crippen LogP contribution in [0.3, 0.4) is 0 Å². The van der Waals surface area contributed by atoms with E-state index in [9.17, 15) is 9.46 Å². The summed E-state index contributed by atoms with van der Waals surface area (Å²) in [6.45, 7) is 0. The molecule has 0 spiro atoms. The van der Waals surface area contributed by atoms with Gasteiger partial charge in [-0.1, -0.05) is 41.4 Å². The maximum atomic E-state index is 12.2. The molecule has 0 radical (unpaired) electrons. The van der Waals surface area contributed by atoms with E-state index in [-0.39, 0.29) is 16.1 Å². The van der Waals surface area contributed by atoms with E-state index in [4.69, 9.17) is 27.7 Å². The molecule has 2 aromatic rings. The largest absolute Gasteiger partial charge is 0.420 e. The van der Waals surface area contributed by atoms with Crippen molar-refractivity contribution in [2.24, 2.45) is 0 Å². The Labute approximate surface area is 128 Å². The number of hydrogen-bond acceptors (Lipinski definition) is 2. The second kappa shape index (κ2) is 5.86. The molecule has 2 rings (SSSR count). The molecular formula is C12H8BrCl2O3P. The first-order chi connectivity index (χ1) is 8.90. The van der Waals surface area contributed by atoms with Gasteiger partial charge >= 0.3 is 7.60 Å². The van der Waals surface area contributed by atoms with Crippen molar-refractivity contribution in [1.82, 2.24) is 0 Å². The standard InChI is InChI=1S/C12H8BrCl2O3P/c13-9-6-11(15)12(7-10(9)14)18-19(16,17)8-4-2-1-3-5-8/h1-7H,(H,16,17). The Hall–Kier alpha value is -0.510. The lowest BCUT2D eigenvalue weighted by Crippen LogP contribution is -2.08. The summed E-state index contributed by atoms with van der Waals surface area (Å²) in [6.07, 6.45) is 0. The normalized spacial score (nSPS) is 13.9. The van der Waals surface area contributed by atoms with Crippen LogP contribution < -0.4 is 9.83 Å². The maximum absolute atomic E-state index is 12.2. The summed E-state index contributed by atoms with van der Waals surface area (Å²) in [5.74, 6) is 0.0598. The first kappa shape index (κ1) is 14.9. The number of hydrogen-bond donors (Lipinski definition) is 1. The van der Waals surface area contributed by atoms with Crippen molar-refractivity contribution in [3.05, 3.63) is 57.0 Å². The zero-order valence-electron chi connectivity index (χ0n) is 9.39. The summed E-state index contributed by atoms with van der Waals surface area (Å²) in [6, 6.07) is 11.0. The molecule has 1 atom stereocenters. The van der Waals surface area contributed by atoms with Crippen LogP contribution in [-0.2, 0) is 4.57 Å². The summed E-state index contributed by atoms with van der Waals surface area (Å²) in [4.78, 5) is 9.94. The van der Waals surface area contributed by atoms with Crippen molar-refractivity contribution in [2.45, 2.75) is 0 Å². The van der Waals surface area contributed by atoms with Crippen LogP contribution in [0, 0.1) is 0 Å². The predicted octanol–water partition coefficient (Wildman–Crippen LogP) is 4.65. The third kappa shape index (κ3) is 3.53. The van der Waals surface area contributed by atoms with Gasteiger partial charge in [-0.3, -0.25) is 0 Å². The van der Waals surface area contributed by atoms with Gasteiger partial charge in [-0.05, 0) is 34.1 Å². The lowest BCUT2D eigenvalue weighted by atomic mass is 10.3. The van der Waals surface area contributed by atoms with Gasteiger partial charge in [-0.25, -0.2) is 4.57 Å². The second-order valence-electron chi connectivity index (χ2n) is 3.64. The molecule has 0 saturated heterocycles. The van der Waals surface area contributed by atoms with Gasteiger partial charge in [0.1, 0.15) is 5.75 Å². The van der Waals surface area contributed by atoms with E-state index < -0.39 is 7.60 Å². The monoisotopic (exact) mass is 380 g/mol. The Morgan fingerprint density at radius 1 is 1.11 bits per heavy atom. The number of rotatable bonds is 3. The van der Waals surface area contributed by atoms with Crippen LogP contribution in [0.1, 0.15) is 0 Å². The first-order valence-corrected chi connectivity index (χ1v) is 8.25. The van der Waals surface area contributed by atoms with Crippen LogP contribution in [-0.4, -0.2) is 4.89 Å². The van der Waals surface area contributed by atoms with Crippen molar-refractivity contribution < 1.29 is 14.0 Å². The van der Waals surface area contributed by atoms with E-state index in [0.717, 1.165) is 0 Å². The van der Waals surface area contributed by atoms with E-state index in [2.05, 4.69) is 15.9 Å². The molecule has 0 aliphatic carbocycles. The SMILES string of the molecule is O=P(O)(Oc1cc(Cl)c(Br)cc1Cl)c1ccccc1. The molecule has 0 saturated carbocycles. The van der Waals surface area contributed by atoms with E-state index in [0.29, 0.717) is 9.50 Å². The van der Waals surface area contributed by atoms with Gasteiger partial charge in [-0.2, -0.15) is 0 Å².